The number of aromatic nitrogens is 2. The van der Waals surface area contributed by atoms with E-state index in [0.29, 0.717) is 5.92 Å². The quantitative estimate of drug-likeness (QED) is 0.512. The van der Waals surface area contributed by atoms with E-state index in [1.54, 1.807) is 16.2 Å². The van der Waals surface area contributed by atoms with Gasteiger partial charge >= 0.3 is 5.69 Å². The average molecular weight is 363 g/mol. The van der Waals surface area contributed by atoms with Crippen molar-refractivity contribution in [3.8, 4) is 5.69 Å². The summed E-state index contributed by atoms with van der Waals surface area (Å²) in [5.41, 5.74) is 4.68. The minimum atomic E-state index is -0.102. The van der Waals surface area contributed by atoms with Gasteiger partial charge in [-0.2, -0.15) is 0 Å². The summed E-state index contributed by atoms with van der Waals surface area (Å²) >= 11 is 0. The summed E-state index contributed by atoms with van der Waals surface area (Å²) in [6.07, 6.45) is 4.00. The van der Waals surface area contributed by atoms with Crippen molar-refractivity contribution in [1.29, 1.82) is 0 Å². The Balaban J connectivity index is 2.23. The smallest absolute Gasteiger partial charge is 0.333 e. The first-order valence-corrected chi connectivity index (χ1v) is 9.14. The highest BCUT2D eigenvalue weighted by atomic mass is 16.2. The van der Waals surface area contributed by atoms with E-state index in [1.807, 2.05) is 55.6 Å². The SMILES string of the molecule is CC[C@@H](C)/C=N\c1cc(-n2c(=O)n(C)c3ccccc32)ccc1/C(C)=C/O. The van der Waals surface area contributed by atoms with Crippen molar-refractivity contribution in [2.75, 3.05) is 0 Å². The van der Waals surface area contributed by atoms with Crippen LogP contribution < -0.4 is 5.69 Å². The number of hydrogen-bond acceptors (Lipinski definition) is 3. The number of hydrogen-bond donors (Lipinski definition) is 1. The molecule has 0 radical (unpaired) electrons. The standard InChI is InChI=1S/C22H25N3O2/c1-5-15(2)13-23-19-12-17(10-11-18(19)16(3)14-26)25-21-9-7-6-8-20(21)24(4)22(25)27/h6-15,26H,5H2,1-4H3/b16-14+,23-13-/t15-/m1/s1. The van der Waals surface area contributed by atoms with Crippen LogP contribution in [0.25, 0.3) is 22.3 Å². The molecule has 5 nitrogen and oxygen atoms in total. The molecule has 1 N–H and O–H groups in total. The minimum Gasteiger partial charge on any atom is -0.515 e. The topological polar surface area (TPSA) is 59.5 Å². The maximum Gasteiger partial charge on any atom is 0.333 e. The highest BCUT2D eigenvalue weighted by Crippen LogP contribution is 2.29. The van der Waals surface area contributed by atoms with Gasteiger partial charge in [-0.3, -0.25) is 14.1 Å². The Hall–Kier alpha value is -3.08. The van der Waals surface area contributed by atoms with E-state index in [2.05, 4.69) is 18.8 Å². The van der Waals surface area contributed by atoms with E-state index >= 15 is 0 Å². The molecule has 27 heavy (non-hydrogen) atoms. The van der Waals surface area contributed by atoms with E-state index in [-0.39, 0.29) is 5.69 Å². The van der Waals surface area contributed by atoms with Crippen LogP contribution in [0.1, 0.15) is 32.8 Å². The van der Waals surface area contributed by atoms with Crippen molar-refractivity contribution < 1.29 is 5.11 Å². The first kappa shape index (κ1) is 18.7. The third kappa shape index (κ3) is 3.45. The lowest BCUT2D eigenvalue weighted by Gasteiger charge is -2.10. The van der Waals surface area contributed by atoms with Gasteiger partial charge in [0.25, 0.3) is 0 Å². The number of aliphatic hydroxyl groups excluding tert-OH is 1. The second-order valence-electron chi connectivity index (χ2n) is 6.84. The van der Waals surface area contributed by atoms with E-state index in [9.17, 15) is 9.90 Å². The fraction of sp³-hybridized carbons (Fsp3) is 0.273. The molecule has 5 heteroatoms. The summed E-state index contributed by atoms with van der Waals surface area (Å²) in [5.74, 6) is 0.347. The van der Waals surface area contributed by atoms with Crippen LogP contribution in [0.4, 0.5) is 5.69 Å². The van der Waals surface area contributed by atoms with E-state index < -0.39 is 0 Å². The number of imidazole rings is 1. The molecule has 2 aromatic carbocycles. The zero-order chi connectivity index (χ0) is 19.6. The lowest BCUT2D eigenvalue weighted by Crippen LogP contribution is -2.20. The average Bonchev–Trinajstić information content (AvgIpc) is 2.96. The Kier molecular flexibility index (Phi) is 5.31. The molecule has 0 bridgehead atoms. The molecule has 1 atom stereocenters. The zero-order valence-electron chi connectivity index (χ0n) is 16.2. The second kappa shape index (κ2) is 7.66. The van der Waals surface area contributed by atoms with Crippen LogP contribution in [0.5, 0.6) is 0 Å². The number of rotatable bonds is 5. The molecule has 0 fully saturated rings. The Morgan fingerprint density at radius 1 is 1.22 bits per heavy atom. The van der Waals surface area contributed by atoms with Crippen LogP contribution in [0, 0.1) is 5.92 Å². The summed E-state index contributed by atoms with van der Waals surface area (Å²) in [5, 5.41) is 9.44. The predicted octanol–water partition coefficient (Wildman–Crippen LogP) is 5.00. The summed E-state index contributed by atoms with van der Waals surface area (Å²) < 4.78 is 3.34. The van der Waals surface area contributed by atoms with Gasteiger partial charge in [0.05, 0.1) is 28.7 Å². The van der Waals surface area contributed by atoms with Crippen molar-refractivity contribution in [2.24, 2.45) is 18.0 Å². The van der Waals surface area contributed by atoms with Crippen LogP contribution >= 0.6 is 0 Å². The Morgan fingerprint density at radius 3 is 2.59 bits per heavy atom. The number of nitrogens with zero attached hydrogens (tertiary/aromatic N) is 3. The molecular formula is C22H25N3O2. The second-order valence-corrected chi connectivity index (χ2v) is 6.84. The molecular weight excluding hydrogens is 338 g/mol. The Labute approximate surface area is 158 Å². The van der Waals surface area contributed by atoms with Gasteiger partial charge in [-0.15, -0.1) is 0 Å². The first-order chi connectivity index (χ1) is 13.0. The number of aliphatic hydroxyl groups is 1. The van der Waals surface area contributed by atoms with E-state index in [1.165, 1.54) is 0 Å². The van der Waals surface area contributed by atoms with Crippen LogP contribution in [0.2, 0.25) is 0 Å². The predicted molar refractivity (Wildman–Crippen MR) is 112 cm³/mol. The van der Waals surface area contributed by atoms with Crippen molar-refractivity contribution in [3.05, 3.63) is 64.8 Å². The highest BCUT2D eigenvalue weighted by molar-refractivity contribution is 5.81. The molecule has 0 amide bonds. The van der Waals surface area contributed by atoms with Gasteiger partial charge in [0.2, 0.25) is 0 Å². The number of para-hydroxylation sites is 2. The monoisotopic (exact) mass is 363 g/mol. The molecule has 0 saturated heterocycles. The van der Waals surface area contributed by atoms with Gasteiger partial charge < -0.3 is 5.11 Å². The van der Waals surface area contributed by atoms with Crippen LogP contribution in [0.15, 0.2) is 58.5 Å². The van der Waals surface area contributed by atoms with E-state index in [0.717, 1.165) is 46.2 Å². The van der Waals surface area contributed by atoms with Crippen molar-refractivity contribution in [1.82, 2.24) is 9.13 Å². The van der Waals surface area contributed by atoms with Gasteiger partial charge in [-0.25, -0.2) is 4.79 Å². The summed E-state index contributed by atoms with van der Waals surface area (Å²) in [7, 11) is 1.77. The lowest BCUT2D eigenvalue weighted by atomic mass is 10.1. The van der Waals surface area contributed by atoms with Gasteiger partial charge in [-0.05, 0) is 49.1 Å². The van der Waals surface area contributed by atoms with Crippen molar-refractivity contribution in [3.63, 3.8) is 0 Å². The molecule has 1 heterocycles. The number of benzene rings is 2. The molecule has 0 aliphatic carbocycles. The van der Waals surface area contributed by atoms with Gasteiger partial charge in [0.15, 0.2) is 0 Å². The minimum absolute atomic E-state index is 0.102. The van der Waals surface area contributed by atoms with Gasteiger partial charge in [0, 0.05) is 18.8 Å². The maximum absolute atomic E-state index is 12.8. The molecule has 0 saturated carbocycles. The zero-order valence-corrected chi connectivity index (χ0v) is 16.2. The van der Waals surface area contributed by atoms with Gasteiger partial charge in [0.1, 0.15) is 0 Å². The van der Waals surface area contributed by atoms with Crippen LogP contribution in [-0.2, 0) is 7.05 Å². The Morgan fingerprint density at radius 2 is 1.93 bits per heavy atom. The summed E-state index contributed by atoms with van der Waals surface area (Å²) in [6, 6.07) is 13.4. The third-order valence-corrected chi connectivity index (χ3v) is 4.93. The number of allylic oxidation sites excluding steroid dienone is 1. The van der Waals surface area contributed by atoms with Crippen molar-refractivity contribution >= 4 is 28.5 Å². The van der Waals surface area contributed by atoms with Crippen LogP contribution in [0.3, 0.4) is 0 Å². The molecule has 0 unspecified atom stereocenters. The van der Waals surface area contributed by atoms with Gasteiger partial charge in [-0.1, -0.05) is 32.0 Å². The molecule has 3 rings (SSSR count). The largest absolute Gasteiger partial charge is 0.515 e. The molecule has 0 spiro atoms. The van der Waals surface area contributed by atoms with E-state index in [4.69, 9.17) is 0 Å². The fourth-order valence-electron chi connectivity index (χ4n) is 3.02. The molecule has 3 aromatic rings. The summed E-state index contributed by atoms with van der Waals surface area (Å²) in [6.45, 7) is 6.06. The first-order valence-electron chi connectivity index (χ1n) is 9.14. The van der Waals surface area contributed by atoms with Crippen molar-refractivity contribution in [2.45, 2.75) is 27.2 Å². The molecule has 140 valence electrons. The Bertz CT molecular complexity index is 1090. The fourth-order valence-corrected chi connectivity index (χ4v) is 3.02. The highest BCUT2D eigenvalue weighted by Gasteiger charge is 2.14. The number of aliphatic imine (C=N–C) groups is 1. The normalized spacial score (nSPS) is 13.6. The van der Waals surface area contributed by atoms with Crippen LogP contribution in [-0.4, -0.2) is 20.5 Å². The number of aryl methyl sites for hydroxylation is 1. The number of fused-ring (bicyclic) bond motifs is 1. The molecule has 1 aromatic heterocycles. The molecule has 0 aliphatic rings. The molecule has 0 aliphatic heterocycles. The summed E-state index contributed by atoms with van der Waals surface area (Å²) in [4.78, 5) is 17.5. The lowest BCUT2D eigenvalue weighted by molar-refractivity contribution is 0.475. The maximum atomic E-state index is 12.8. The third-order valence-electron chi connectivity index (χ3n) is 4.93.